The molecule has 0 bridgehead atoms. The van der Waals surface area contributed by atoms with Crippen LogP contribution in [0, 0.1) is 0 Å². The molecule has 0 saturated heterocycles. The number of carbonyl (C=O) groups excluding carboxylic acids is 2. The number of oxime groups is 1. The molecule has 3 aromatic rings. The smallest absolute Gasteiger partial charge is 0.331 e. The Hall–Kier alpha value is -3.15. The number of carbonyl (C=O) groups is 2. The van der Waals surface area contributed by atoms with Crippen molar-refractivity contribution in [3.8, 4) is 5.75 Å². The molecule has 0 unspecified atom stereocenters. The number of hydrogen-bond donors (Lipinski definition) is 0. The van der Waals surface area contributed by atoms with Gasteiger partial charge in [0.15, 0.2) is 5.71 Å². The van der Waals surface area contributed by atoms with Crippen molar-refractivity contribution < 1.29 is 19.2 Å². The number of aryl methyl sites for hydroxylation is 1. The molecule has 0 atom stereocenters. The number of aromatic nitrogens is 1. The number of benzene rings is 2. The second-order valence-corrected chi connectivity index (χ2v) is 5.65. The van der Waals surface area contributed by atoms with Crippen molar-refractivity contribution in [3.63, 3.8) is 0 Å². The van der Waals surface area contributed by atoms with Gasteiger partial charge in [-0.05, 0) is 18.2 Å². The Bertz CT molecular complexity index is 1050. The Morgan fingerprint density at radius 3 is 2.79 bits per heavy atom. The molecule has 6 heteroatoms. The number of ketones is 1. The van der Waals surface area contributed by atoms with Crippen molar-refractivity contribution in [2.75, 3.05) is 6.61 Å². The lowest BCUT2D eigenvalue weighted by atomic mass is 10.00. The minimum Gasteiger partial charge on any atom is -0.485 e. The Labute approximate surface area is 137 Å². The molecule has 6 nitrogen and oxygen atoms in total. The first kappa shape index (κ1) is 14.4. The van der Waals surface area contributed by atoms with E-state index in [1.165, 1.54) is 6.92 Å². The molecule has 0 spiro atoms. The van der Waals surface area contributed by atoms with Crippen LogP contribution in [-0.4, -0.2) is 28.6 Å². The van der Waals surface area contributed by atoms with E-state index in [0.717, 1.165) is 21.8 Å². The van der Waals surface area contributed by atoms with Crippen molar-refractivity contribution in [2.45, 2.75) is 6.92 Å². The standard InChI is InChI=1S/C18H14N2O4/c1-10(21)24-19-13-9-23-18-12(17(13)22)7-8-15-16(18)11-5-3-4-6-14(11)20(15)2/h3-8H,9H2,1-2H3/b19-13+. The molecule has 1 aliphatic heterocycles. The third-order valence-electron chi connectivity index (χ3n) is 4.18. The van der Waals surface area contributed by atoms with E-state index < -0.39 is 5.97 Å². The molecule has 2 aromatic carbocycles. The van der Waals surface area contributed by atoms with Gasteiger partial charge in [0.2, 0.25) is 5.78 Å². The number of nitrogens with zero attached hydrogens (tertiary/aromatic N) is 2. The van der Waals surface area contributed by atoms with Crippen LogP contribution in [-0.2, 0) is 16.7 Å². The second kappa shape index (κ2) is 5.19. The van der Waals surface area contributed by atoms with Gasteiger partial charge in [-0.25, -0.2) is 4.79 Å². The Morgan fingerprint density at radius 1 is 1.21 bits per heavy atom. The normalized spacial score (nSPS) is 15.6. The number of ether oxygens (including phenoxy) is 1. The lowest BCUT2D eigenvalue weighted by molar-refractivity contribution is -0.140. The highest BCUT2D eigenvalue weighted by molar-refractivity contribution is 6.48. The fraction of sp³-hybridized carbons (Fsp3) is 0.167. The Morgan fingerprint density at radius 2 is 2.00 bits per heavy atom. The lowest BCUT2D eigenvalue weighted by Crippen LogP contribution is -2.28. The van der Waals surface area contributed by atoms with Gasteiger partial charge in [-0.2, -0.15) is 0 Å². The Kier molecular flexibility index (Phi) is 3.13. The van der Waals surface area contributed by atoms with Crippen molar-refractivity contribution >= 4 is 39.3 Å². The number of hydrogen-bond acceptors (Lipinski definition) is 5. The van der Waals surface area contributed by atoms with Gasteiger partial charge in [0, 0.05) is 24.9 Å². The quantitative estimate of drug-likeness (QED) is 0.510. The third kappa shape index (κ3) is 2.00. The number of Topliss-reactive ketones (excluding diaryl/α,β-unsaturated/α-hetero) is 1. The molecule has 120 valence electrons. The topological polar surface area (TPSA) is 69.9 Å². The summed E-state index contributed by atoms with van der Waals surface area (Å²) >= 11 is 0. The van der Waals surface area contributed by atoms with Crippen molar-refractivity contribution in [1.82, 2.24) is 4.57 Å². The summed E-state index contributed by atoms with van der Waals surface area (Å²) in [6, 6.07) is 11.6. The Balaban J connectivity index is 1.94. The van der Waals surface area contributed by atoms with Crippen LogP contribution in [0.1, 0.15) is 17.3 Å². The van der Waals surface area contributed by atoms with Crippen molar-refractivity contribution in [3.05, 3.63) is 42.0 Å². The third-order valence-corrected chi connectivity index (χ3v) is 4.18. The number of fused-ring (bicyclic) bond motifs is 5. The zero-order valence-electron chi connectivity index (χ0n) is 13.2. The predicted molar refractivity (Wildman–Crippen MR) is 89.5 cm³/mol. The van der Waals surface area contributed by atoms with Crippen LogP contribution in [0.4, 0.5) is 0 Å². The average molecular weight is 322 g/mol. The molecule has 1 aliphatic rings. The van der Waals surface area contributed by atoms with E-state index in [-0.39, 0.29) is 18.1 Å². The zero-order valence-corrected chi connectivity index (χ0v) is 13.2. The van der Waals surface area contributed by atoms with Gasteiger partial charge in [0.25, 0.3) is 0 Å². The van der Waals surface area contributed by atoms with Gasteiger partial charge in [-0.3, -0.25) is 4.79 Å². The van der Waals surface area contributed by atoms with Crippen LogP contribution >= 0.6 is 0 Å². The highest BCUT2D eigenvalue weighted by atomic mass is 16.7. The summed E-state index contributed by atoms with van der Waals surface area (Å²) in [6.45, 7) is 1.20. The molecule has 4 rings (SSSR count). The summed E-state index contributed by atoms with van der Waals surface area (Å²) in [5.41, 5.74) is 2.56. The number of rotatable bonds is 1. The molecular weight excluding hydrogens is 308 g/mol. The first-order valence-corrected chi connectivity index (χ1v) is 7.50. The highest BCUT2D eigenvalue weighted by Crippen LogP contribution is 2.39. The van der Waals surface area contributed by atoms with Crippen molar-refractivity contribution in [2.24, 2.45) is 12.2 Å². The molecule has 0 amide bonds. The number of para-hydroxylation sites is 1. The molecule has 0 aliphatic carbocycles. The van der Waals surface area contributed by atoms with E-state index in [1.807, 2.05) is 37.4 Å². The molecule has 24 heavy (non-hydrogen) atoms. The second-order valence-electron chi connectivity index (χ2n) is 5.65. The first-order valence-electron chi connectivity index (χ1n) is 7.50. The van der Waals surface area contributed by atoms with Gasteiger partial charge in [-0.1, -0.05) is 23.4 Å². The van der Waals surface area contributed by atoms with Gasteiger partial charge in [-0.15, -0.1) is 0 Å². The summed E-state index contributed by atoms with van der Waals surface area (Å²) in [5, 5.41) is 5.53. The molecule has 1 aromatic heterocycles. The van der Waals surface area contributed by atoms with Gasteiger partial charge in [0.05, 0.1) is 16.5 Å². The summed E-state index contributed by atoms with van der Waals surface area (Å²) in [4.78, 5) is 28.1. The zero-order chi connectivity index (χ0) is 16.8. The lowest BCUT2D eigenvalue weighted by Gasteiger charge is -2.18. The molecule has 0 fully saturated rings. The van der Waals surface area contributed by atoms with E-state index in [4.69, 9.17) is 4.74 Å². The van der Waals surface area contributed by atoms with Crippen LogP contribution in [0.15, 0.2) is 41.6 Å². The van der Waals surface area contributed by atoms with E-state index in [9.17, 15) is 9.59 Å². The highest BCUT2D eigenvalue weighted by Gasteiger charge is 2.29. The SMILES string of the molecule is CC(=O)O/N=C1\COc2c(ccc3c2c2ccccc2n3C)C1=O. The van der Waals surface area contributed by atoms with E-state index in [2.05, 4.69) is 14.6 Å². The van der Waals surface area contributed by atoms with Crippen LogP contribution in [0.3, 0.4) is 0 Å². The fourth-order valence-electron chi connectivity index (χ4n) is 3.10. The predicted octanol–water partition coefficient (Wildman–Crippen LogP) is 2.83. The molecule has 2 heterocycles. The summed E-state index contributed by atoms with van der Waals surface area (Å²) in [7, 11) is 1.98. The van der Waals surface area contributed by atoms with Gasteiger partial charge >= 0.3 is 5.97 Å². The van der Waals surface area contributed by atoms with E-state index in [1.54, 1.807) is 6.07 Å². The van der Waals surface area contributed by atoms with Crippen molar-refractivity contribution in [1.29, 1.82) is 0 Å². The molecule has 0 N–H and O–H groups in total. The minimum atomic E-state index is -0.578. The largest absolute Gasteiger partial charge is 0.485 e. The maximum atomic E-state index is 12.6. The maximum Gasteiger partial charge on any atom is 0.331 e. The minimum absolute atomic E-state index is 0.0263. The van der Waals surface area contributed by atoms with Crippen LogP contribution in [0.2, 0.25) is 0 Å². The first-order chi connectivity index (χ1) is 11.6. The van der Waals surface area contributed by atoms with E-state index >= 15 is 0 Å². The molecule has 0 radical (unpaired) electrons. The van der Waals surface area contributed by atoms with Crippen LogP contribution < -0.4 is 4.74 Å². The van der Waals surface area contributed by atoms with Gasteiger partial charge in [0.1, 0.15) is 12.4 Å². The summed E-state index contributed by atoms with van der Waals surface area (Å²) in [5.74, 6) is -0.311. The van der Waals surface area contributed by atoms with E-state index in [0.29, 0.717) is 11.3 Å². The monoisotopic (exact) mass is 322 g/mol. The molecule has 0 saturated carbocycles. The fourth-order valence-corrected chi connectivity index (χ4v) is 3.10. The summed E-state index contributed by atoms with van der Waals surface area (Å²) < 4.78 is 7.89. The van der Waals surface area contributed by atoms with Crippen LogP contribution in [0.5, 0.6) is 5.75 Å². The average Bonchev–Trinajstić information content (AvgIpc) is 2.88. The summed E-state index contributed by atoms with van der Waals surface area (Å²) in [6.07, 6.45) is 0. The van der Waals surface area contributed by atoms with Crippen LogP contribution in [0.25, 0.3) is 21.8 Å². The van der Waals surface area contributed by atoms with Gasteiger partial charge < -0.3 is 14.1 Å². The maximum absolute atomic E-state index is 12.6. The molecular formula is C18H14N2O4.